The third kappa shape index (κ3) is 2.17. The van der Waals surface area contributed by atoms with Gasteiger partial charge >= 0.3 is 6.09 Å². The van der Waals surface area contributed by atoms with E-state index >= 15 is 0 Å². The van der Waals surface area contributed by atoms with E-state index in [1.54, 1.807) is 4.90 Å². The van der Waals surface area contributed by atoms with E-state index in [4.69, 9.17) is 10.00 Å². The van der Waals surface area contributed by atoms with E-state index in [2.05, 4.69) is 0 Å². The maximum absolute atomic E-state index is 11.8. The summed E-state index contributed by atoms with van der Waals surface area (Å²) in [7, 11) is 0. The summed E-state index contributed by atoms with van der Waals surface area (Å²) >= 11 is 0. The number of carbonyl (C=O) groups is 1. The van der Waals surface area contributed by atoms with Crippen LogP contribution in [0, 0.1) is 32.1 Å². The molecular weight excluding hydrogens is 228 g/mol. The SMILES string of the molecule is Cc1cc(C)c(N2CC(CC#N)OC2=O)c(C)c1. The number of nitrogens with zero attached hydrogens (tertiary/aromatic N) is 2. The smallest absolute Gasteiger partial charge is 0.414 e. The maximum Gasteiger partial charge on any atom is 0.414 e. The van der Waals surface area contributed by atoms with Crippen molar-refractivity contribution in [2.75, 3.05) is 11.4 Å². The summed E-state index contributed by atoms with van der Waals surface area (Å²) in [6, 6.07) is 6.13. The highest BCUT2D eigenvalue weighted by atomic mass is 16.6. The molecule has 1 aromatic carbocycles. The molecule has 1 unspecified atom stereocenters. The fraction of sp³-hybridized carbons (Fsp3) is 0.429. The summed E-state index contributed by atoms with van der Waals surface area (Å²) in [5.41, 5.74) is 4.20. The summed E-state index contributed by atoms with van der Waals surface area (Å²) in [6.07, 6.45) is -0.431. The van der Waals surface area contributed by atoms with Crippen LogP contribution >= 0.6 is 0 Å². The van der Waals surface area contributed by atoms with Crippen molar-refractivity contribution in [3.63, 3.8) is 0 Å². The van der Waals surface area contributed by atoms with E-state index in [-0.39, 0.29) is 18.6 Å². The summed E-state index contributed by atoms with van der Waals surface area (Å²) in [6.45, 7) is 6.46. The number of hydrogen-bond acceptors (Lipinski definition) is 3. The molecular formula is C14H16N2O2. The monoisotopic (exact) mass is 244 g/mol. The molecule has 1 heterocycles. The number of amides is 1. The Balaban J connectivity index is 2.33. The Bertz CT molecular complexity index is 508. The van der Waals surface area contributed by atoms with Crippen LogP contribution in [0.5, 0.6) is 0 Å². The lowest BCUT2D eigenvalue weighted by Gasteiger charge is -2.19. The van der Waals surface area contributed by atoms with Crippen molar-refractivity contribution in [1.82, 2.24) is 0 Å². The van der Waals surface area contributed by atoms with Gasteiger partial charge in [-0.3, -0.25) is 4.90 Å². The third-order valence-electron chi connectivity index (χ3n) is 3.10. The molecule has 1 aliphatic heterocycles. The summed E-state index contributed by atoms with van der Waals surface area (Å²) in [5.74, 6) is 0. The molecule has 18 heavy (non-hydrogen) atoms. The number of rotatable bonds is 2. The Kier molecular flexibility index (Phi) is 3.24. The van der Waals surface area contributed by atoms with Crippen LogP contribution in [0.4, 0.5) is 10.5 Å². The maximum atomic E-state index is 11.8. The Labute approximate surface area is 107 Å². The van der Waals surface area contributed by atoms with Gasteiger partial charge in [-0.1, -0.05) is 17.7 Å². The lowest BCUT2D eigenvalue weighted by molar-refractivity contribution is 0.143. The molecule has 0 bridgehead atoms. The number of ether oxygens (including phenoxy) is 1. The molecule has 1 saturated heterocycles. The van der Waals surface area contributed by atoms with E-state index < -0.39 is 0 Å². The largest absolute Gasteiger partial charge is 0.443 e. The quantitative estimate of drug-likeness (QED) is 0.803. The second-order valence-electron chi connectivity index (χ2n) is 4.73. The van der Waals surface area contributed by atoms with Crippen molar-refractivity contribution in [1.29, 1.82) is 5.26 Å². The Morgan fingerprint density at radius 1 is 1.39 bits per heavy atom. The molecule has 1 fully saturated rings. The molecule has 0 aromatic heterocycles. The number of cyclic esters (lactones) is 1. The average Bonchev–Trinajstić information content (AvgIpc) is 2.59. The van der Waals surface area contributed by atoms with Crippen LogP contribution in [0.3, 0.4) is 0 Å². The van der Waals surface area contributed by atoms with Crippen molar-refractivity contribution in [3.8, 4) is 6.07 Å². The Hall–Kier alpha value is -2.02. The van der Waals surface area contributed by atoms with Crippen LogP contribution in [0.2, 0.25) is 0 Å². The van der Waals surface area contributed by atoms with Gasteiger partial charge in [-0.05, 0) is 31.9 Å². The van der Waals surface area contributed by atoms with Crippen molar-refractivity contribution < 1.29 is 9.53 Å². The lowest BCUT2D eigenvalue weighted by atomic mass is 10.0. The van der Waals surface area contributed by atoms with Crippen LogP contribution in [0.25, 0.3) is 0 Å². The van der Waals surface area contributed by atoms with E-state index in [1.807, 2.05) is 39.0 Å². The van der Waals surface area contributed by atoms with Gasteiger partial charge < -0.3 is 4.74 Å². The fourth-order valence-electron chi connectivity index (χ4n) is 2.51. The first-order chi connectivity index (χ1) is 8.52. The summed E-state index contributed by atoms with van der Waals surface area (Å²) in [4.78, 5) is 13.5. The zero-order valence-corrected chi connectivity index (χ0v) is 10.9. The first-order valence-electron chi connectivity index (χ1n) is 5.96. The summed E-state index contributed by atoms with van der Waals surface area (Å²) < 4.78 is 5.17. The number of hydrogen-bond donors (Lipinski definition) is 0. The first kappa shape index (κ1) is 12.4. The molecule has 94 valence electrons. The standard InChI is InChI=1S/C14H16N2O2/c1-9-6-10(2)13(11(3)7-9)16-8-12(4-5-15)18-14(16)17/h6-7,12H,4,8H2,1-3H3. The molecule has 4 nitrogen and oxygen atoms in total. The number of benzene rings is 1. The van der Waals surface area contributed by atoms with Gasteiger partial charge in [0.15, 0.2) is 0 Å². The molecule has 0 aliphatic carbocycles. The number of anilines is 1. The first-order valence-corrected chi connectivity index (χ1v) is 5.96. The van der Waals surface area contributed by atoms with Crippen LogP contribution in [0.1, 0.15) is 23.1 Å². The van der Waals surface area contributed by atoms with Crippen LogP contribution in [0.15, 0.2) is 12.1 Å². The van der Waals surface area contributed by atoms with E-state index in [1.165, 1.54) is 5.56 Å². The van der Waals surface area contributed by atoms with Crippen molar-refractivity contribution >= 4 is 11.8 Å². The van der Waals surface area contributed by atoms with Crippen LogP contribution in [-0.4, -0.2) is 18.7 Å². The second-order valence-corrected chi connectivity index (χ2v) is 4.73. The molecule has 2 rings (SSSR count). The van der Waals surface area contributed by atoms with Crippen LogP contribution in [-0.2, 0) is 4.74 Å². The molecule has 0 N–H and O–H groups in total. The average molecular weight is 244 g/mol. The predicted octanol–water partition coefficient (Wildman–Crippen LogP) is 2.85. The van der Waals surface area contributed by atoms with Gasteiger partial charge in [0.05, 0.1) is 24.7 Å². The van der Waals surface area contributed by atoms with Gasteiger partial charge in [-0.25, -0.2) is 4.79 Å². The van der Waals surface area contributed by atoms with Crippen molar-refractivity contribution in [2.24, 2.45) is 0 Å². The minimum atomic E-state index is -0.356. The zero-order valence-electron chi connectivity index (χ0n) is 10.9. The molecule has 0 radical (unpaired) electrons. The van der Waals surface area contributed by atoms with Gasteiger partial charge in [-0.15, -0.1) is 0 Å². The van der Waals surface area contributed by atoms with Gasteiger partial charge in [0.25, 0.3) is 0 Å². The lowest BCUT2D eigenvalue weighted by Crippen LogP contribution is -2.26. The zero-order chi connectivity index (χ0) is 13.3. The highest BCUT2D eigenvalue weighted by Crippen LogP contribution is 2.30. The number of carbonyl (C=O) groups excluding carboxylic acids is 1. The van der Waals surface area contributed by atoms with Gasteiger partial charge in [-0.2, -0.15) is 5.26 Å². The van der Waals surface area contributed by atoms with E-state index in [0.717, 1.165) is 16.8 Å². The highest BCUT2D eigenvalue weighted by Gasteiger charge is 2.33. The van der Waals surface area contributed by atoms with Gasteiger partial charge in [0, 0.05) is 0 Å². The van der Waals surface area contributed by atoms with E-state index in [9.17, 15) is 4.79 Å². The number of nitriles is 1. The third-order valence-corrected chi connectivity index (χ3v) is 3.10. The Morgan fingerprint density at radius 3 is 2.56 bits per heavy atom. The summed E-state index contributed by atoms with van der Waals surface area (Å²) in [5, 5.41) is 8.66. The molecule has 1 aliphatic rings. The molecule has 0 saturated carbocycles. The van der Waals surface area contributed by atoms with Crippen LogP contribution < -0.4 is 4.90 Å². The molecule has 4 heteroatoms. The van der Waals surface area contributed by atoms with E-state index in [0.29, 0.717) is 6.54 Å². The minimum absolute atomic E-state index is 0.242. The van der Waals surface area contributed by atoms with Gasteiger partial charge in [0.1, 0.15) is 6.10 Å². The minimum Gasteiger partial charge on any atom is -0.443 e. The van der Waals surface area contributed by atoms with Gasteiger partial charge in [0.2, 0.25) is 0 Å². The molecule has 0 spiro atoms. The highest BCUT2D eigenvalue weighted by molar-refractivity contribution is 5.91. The topological polar surface area (TPSA) is 53.3 Å². The molecule has 1 aromatic rings. The number of aryl methyl sites for hydroxylation is 3. The molecule has 1 atom stereocenters. The fourth-order valence-corrected chi connectivity index (χ4v) is 2.51. The predicted molar refractivity (Wildman–Crippen MR) is 68.5 cm³/mol. The van der Waals surface area contributed by atoms with Crippen molar-refractivity contribution in [3.05, 3.63) is 28.8 Å². The molecule has 1 amide bonds. The second kappa shape index (κ2) is 4.69. The Morgan fingerprint density at radius 2 is 2.00 bits per heavy atom. The van der Waals surface area contributed by atoms with Crippen molar-refractivity contribution in [2.45, 2.75) is 33.3 Å². The normalized spacial score (nSPS) is 18.7.